The number of nitrogens with one attached hydrogen (secondary N) is 1. The molecule has 0 aliphatic heterocycles. The Balaban J connectivity index is 1.90. The second-order valence-corrected chi connectivity index (χ2v) is 7.13. The molecule has 1 aromatic heterocycles. The summed E-state index contributed by atoms with van der Waals surface area (Å²) >= 11 is 1.19. The third kappa shape index (κ3) is 4.15. The normalized spacial score (nSPS) is 10.5. The maximum absolute atomic E-state index is 12.4. The van der Waals surface area contributed by atoms with Crippen LogP contribution in [0.3, 0.4) is 0 Å². The van der Waals surface area contributed by atoms with Crippen molar-refractivity contribution in [1.82, 2.24) is 4.98 Å². The largest absolute Gasteiger partial charge is 0.481 e. The number of carboxylic acid groups (broad SMARTS) is 1. The molecule has 1 heterocycles. The molecule has 1 amide bonds. The number of carboxylic acids is 1. The maximum atomic E-state index is 12.4. The molecular formula is C20H18N2O3S. The van der Waals surface area contributed by atoms with Gasteiger partial charge in [-0.2, -0.15) is 0 Å². The van der Waals surface area contributed by atoms with E-state index in [9.17, 15) is 9.59 Å². The van der Waals surface area contributed by atoms with Crippen LogP contribution >= 0.6 is 11.3 Å². The second-order valence-electron chi connectivity index (χ2n) is 6.05. The van der Waals surface area contributed by atoms with Crippen molar-refractivity contribution >= 4 is 28.3 Å². The Morgan fingerprint density at radius 2 is 1.58 bits per heavy atom. The van der Waals surface area contributed by atoms with Crippen LogP contribution in [0.25, 0.3) is 11.3 Å². The summed E-state index contributed by atoms with van der Waals surface area (Å²) in [4.78, 5) is 28.7. The van der Waals surface area contributed by atoms with Gasteiger partial charge in [0, 0.05) is 16.0 Å². The molecule has 2 N–H and O–H groups in total. The quantitative estimate of drug-likeness (QED) is 0.705. The topological polar surface area (TPSA) is 79.3 Å². The van der Waals surface area contributed by atoms with Crippen molar-refractivity contribution in [3.05, 3.63) is 70.1 Å². The van der Waals surface area contributed by atoms with Gasteiger partial charge in [-0.05, 0) is 26.0 Å². The van der Waals surface area contributed by atoms with Crippen LogP contribution in [0.4, 0.5) is 5.13 Å². The van der Waals surface area contributed by atoms with Crippen LogP contribution in [0, 0.1) is 13.8 Å². The summed E-state index contributed by atoms with van der Waals surface area (Å²) in [6, 6.07) is 14.9. The first kappa shape index (κ1) is 17.8. The van der Waals surface area contributed by atoms with Crippen LogP contribution < -0.4 is 5.32 Å². The van der Waals surface area contributed by atoms with E-state index >= 15 is 0 Å². The Labute approximate surface area is 155 Å². The van der Waals surface area contributed by atoms with E-state index in [0.717, 1.165) is 16.7 Å². The first-order chi connectivity index (χ1) is 12.4. The Hall–Kier alpha value is -2.99. The van der Waals surface area contributed by atoms with Crippen molar-refractivity contribution < 1.29 is 14.7 Å². The van der Waals surface area contributed by atoms with Gasteiger partial charge in [0.2, 0.25) is 0 Å². The molecule has 0 saturated carbocycles. The summed E-state index contributed by atoms with van der Waals surface area (Å²) in [6.45, 7) is 3.94. The Bertz CT molecular complexity index is 944. The highest BCUT2D eigenvalue weighted by Gasteiger charge is 2.17. The molecule has 3 rings (SSSR count). The van der Waals surface area contributed by atoms with Crippen molar-refractivity contribution in [2.45, 2.75) is 20.3 Å². The van der Waals surface area contributed by atoms with Gasteiger partial charge in [0.25, 0.3) is 5.91 Å². The number of aryl methyl sites for hydroxylation is 2. The highest BCUT2D eigenvalue weighted by atomic mass is 32.1. The van der Waals surface area contributed by atoms with Crippen LogP contribution in [0.15, 0.2) is 48.5 Å². The molecule has 0 aliphatic carbocycles. The minimum Gasteiger partial charge on any atom is -0.481 e. The Kier molecular flexibility index (Phi) is 5.14. The van der Waals surface area contributed by atoms with E-state index < -0.39 is 5.97 Å². The van der Waals surface area contributed by atoms with Gasteiger partial charge in [-0.15, -0.1) is 11.3 Å². The standard InChI is InChI=1S/C20H18N2O3S/c1-12-3-7-14(8-4-12)18-16(11-17(23)24)26-20(21-18)22-19(25)15-9-5-13(2)6-10-15/h3-10H,11H2,1-2H3,(H,23,24)(H,21,22,25). The van der Waals surface area contributed by atoms with Crippen LogP contribution in [-0.2, 0) is 11.2 Å². The number of anilines is 1. The van der Waals surface area contributed by atoms with Gasteiger partial charge in [-0.1, -0.05) is 47.5 Å². The van der Waals surface area contributed by atoms with Crippen LogP contribution in [0.5, 0.6) is 0 Å². The molecule has 0 fully saturated rings. The molecule has 0 atom stereocenters. The smallest absolute Gasteiger partial charge is 0.308 e. The zero-order valence-electron chi connectivity index (χ0n) is 14.4. The summed E-state index contributed by atoms with van der Waals surface area (Å²) in [5.41, 5.74) is 4.14. The SMILES string of the molecule is Cc1ccc(C(=O)Nc2nc(-c3ccc(C)cc3)c(CC(=O)O)s2)cc1. The van der Waals surface area contributed by atoms with Crippen LogP contribution in [0.1, 0.15) is 26.4 Å². The Morgan fingerprint density at radius 1 is 1.00 bits per heavy atom. The molecular weight excluding hydrogens is 348 g/mol. The third-order valence-electron chi connectivity index (χ3n) is 3.87. The monoisotopic (exact) mass is 366 g/mol. The molecule has 132 valence electrons. The van der Waals surface area contributed by atoms with Crippen molar-refractivity contribution in [2.24, 2.45) is 0 Å². The molecule has 0 bridgehead atoms. The van der Waals surface area contributed by atoms with Gasteiger partial charge in [0.05, 0.1) is 12.1 Å². The highest BCUT2D eigenvalue weighted by molar-refractivity contribution is 7.16. The second kappa shape index (κ2) is 7.49. The summed E-state index contributed by atoms with van der Waals surface area (Å²) < 4.78 is 0. The molecule has 5 nitrogen and oxygen atoms in total. The number of nitrogens with zero attached hydrogens (tertiary/aromatic N) is 1. The first-order valence-corrected chi connectivity index (χ1v) is 8.90. The molecule has 0 spiro atoms. The van der Waals surface area contributed by atoms with E-state index in [1.54, 1.807) is 12.1 Å². The summed E-state index contributed by atoms with van der Waals surface area (Å²) in [7, 11) is 0. The van der Waals surface area contributed by atoms with E-state index in [0.29, 0.717) is 21.3 Å². The lowest BCUT2D eigenvalue weighted by molar-refractivity contribution is -0.136. The molecule has 26 heavy (non-hydrogen) atoms. The first-order valence-electron chi connectivity index (χ1n) is 8.09. The fourth-order valence-electron chi connectivity index (χ4n) is 2.47. The fourth-order valence-corrected chi connectivity index (χ4v) is 3.44. The summed E-state index contributed by atoms with van der Waals surface area (Å²) in [5.74, 6) is -1.20. The molecule has 0 unspecified atom stereocenters. The number of aromatic nitrogens is 1. The van der Waals surface area contributed by atoms with Gasteiger partial charge in [0.1, 0.15) is 0 Å². The molecule has 6 heteroatoms. The number of aliphatic carboxylic acids is 1. The number of rotatable bonds is 5. The lowest BCUT2D eigenvalue weighted by Gasteiger charge is -2.02. The fraction of sp³-hybridized carbons (Fsp3) is 0.150. The lowest BCUT2D eigenvalue weighted by atomic mass is 10.1. The van der Waals surface area contributed by atoms with Gasteiger partial charge in [-0.3, -0.25) is 14.9 Å². The molecule has 0 aliphatic rings. The van der Waals surface area contributed by atoms with Crippen molar-refractivity contribution in [2.75, 3.05) is 5.32 Å². The van der Waals surface area contributed by atoms with E-state index in [2.05, 4.69) is 10.3 Å². The Morgan fingerprint density at radius 3 is 2.15 bits per heavy atom. The van der Waals surface area contributed by atoms with Crippen LogP contribution in [-0.4, -0.2) is 22.0 Å². The van der Waals surface area contributed by atoms with E-state index in [-0.39, 0.29) is 12.3 Å². The summed E-state index contributed by atoms with van der Waals surface area (Å²) in [6.07, 6.45) is -0.138. The van der Waals surface area contributed by atoms with E-state index in [4.69, 9.17) is 5.11 Å². The number of carbonyl (C=O) groups excluding carboxylic acids is 1. The average molecular weight is 366 g/mol. The summed E-state index contributed by atoms with van der Waals surface area (Å²) in [5, 5.41) is 12.3. The average Bonchev–Trinajstić information content (AvgIpc) is 2.97. The number of carbonyl (C=O) groups is 2. The van der Waals surface area contributed by atoms with Gasteiger partial charge >= 0.3 is 5.97 Å². The maximum Gasteiger partial charge on any atom is 0.308 e. The van der Waals surface area contributed by atoms with Crippen molar-refractivity contribution in [3.63, 3.8) is 0 Å². The van der Waals surface area contributed by atoms with Gasteiger partial charge < -0.3 is 5.11 Å². The van der Waals surface area contributed by atoms with Gasteiger partial charge in [-0.25, -0.2) is 4.98 Å². The predicted octanol–water partition coefficient (Wildman–Crippen LogP) is 4.31. The van der Waals surface area contributed by atoms with Gasteiger partial charge in [0.15, 0.2) is 5.13 Å². The van der Waals surface area contributed by atoms with Crippen molar-refractivity contribution in [1.29, 1.82) is 0 Å². The van der Waals surface area contributed by atoms with E-state index in [1.165, 1.54) is 11.3 Å². The molecule has 3 aromatic rings. The third-order valence-corrected chi connectivity index (χ3v) is 4.84. The number of hydrogen-bond acceptors (Lipinski definition) is 4. The number of benzene rings is 2. The predicted molar refractivity (Wildman–Crippen MR) is 103 cm³/mol. The van der Waals surface area contributed by atoms with Crippen molar-refractivity contribution in [3.8, 4) is 11.3 Å². The zero-order valence-corrected chi connectivity index (χ0v) is 15.3. The zero-order chi connectivity index (χ0) is 18.7. The number of thiazole rings is 1. The van der Waals surface area contributed by atoms with Crippen LogP contribution in [0.2, 0.25) is 0 Å². The molecule has 0 saturated heterocycles. The van der Waals surface area contributed by atoms with E-state index in [1.807, 2.05) is 50.2 Å². The molecule has 2 aromatic carbocycles. The minimum atomic E-state index is -0.932. The minimum absolute atomic E-state index is 0.138. The highest BCUT2D eigenvalue weighted by Crippen LogP contribution is 2.32. The lowest BCUT2D eigenvalue weighted by Crippen LogP contribution is -2.11. The number of hydrogen-bond donors (Lipinski definition) is 2. The molecule has 0 radical (unpaired) electrons. The number of amides is 1.